The third-order valence-electron chi connectivity index (χ3n) is 8.15. The molecule has 2 aromatic heterocycles. The lowest BCUT2D eigenvalue weighted by molar-refractivity contribution is 0.651. The van der Waals surface area contributed by atoms with E-state index in [2.05, 4.69) is 131 Å². The summed E-state index contributed by atoms with van der Waals surface area (Å²) in [5.41, 5.74) is 15.5. The standard InChI is InChI=1S/C34H37BN2/c1-22-18-24(3)32(25(4)19-22)35(33-26(5)20-23(2)21-27(33)6)29-14-12-28(13-15-29)34(7,30-10-8-16-36-30)31-11-9-17-37-31/h8-21,36-37H,1-7H3. The molecule has 2 heterocycles. The monoisotopic (exact) mass is 484 g/mol. The van der Waals surface area contributed by atoms with Crippen LogP contribution in [0.1, 0.15) is 57.3 Å². The summed E-state index contributed by atoms with van der Waals surface area (Å²) in [6.07, 6.45) is 4.01. The number of H-pyrrole nitrogens is 2. The maximum Gasteiger partial charge on any atom is 0.242 e. The molecule has 2 N–H and O–H groups in total. The van der Waals surface area contributed by atoms with Crippen LogP contribution in [-0.4, -0.2) is 16.7 Å². The van der Waals surface area contributed by atoms with E-state index in [4.69, 9.17) is 0 Å². The van der Waals surface area contributed by atoms with E-state index in [1.54, 1.807) is 0 Å². The van der Waals surface area contributed by atoms with Crippen LogP contribution < -0.4 is 16.4 Å². The van der Waals surface area contributed by atoms with Crippen molar-refractivity contribution < 1.29 is 0 Å². The minimum Gasteiger partial charge on any atom is -0.364 e. The first-order chi connectivity index (χ1) is 17.7. The Morgan fingerprint density at radius 3 is 1.32 bits per heavy atom. The minimum atomic E-state index is -0.299. The fourth-order valence-corrected chi connectivity index (χ4v) is 6.52. The summed E-state index contributed by atoms with van der Waals surface area (Å²) in [5.74, 6) is 0. The zero-order chi connectivity index (χ0) is 26.3. The lowest BCUT2D eigenvalue weighted by Crippen LogP contribution is -2.55. The van der Waals surface area contributed by atoms with Crippen LogP contribution in [0.15, 0.2) is 85.2 Å². The van der Waals surface area contributed by atoms with E-state index >= 15 is 0 Å². The van der Waals surface area contributed by atoms with Crippen LogP contribution in [0.3, 0.4) is 0 Å². The second-order valence-corrected chi connectivity index (χ2v) is 11.0. The van der Waals surface area contributed by atoms with Gasteiger partial charge in [-0.2, -0.15) is 0 Å². The molecule has 0 saturated heterocycles. The number of benzene rings is 3. The van der Waals surface area contributed by atoms with E-state index in [0.29, 0.717) is 0 Å². The van der Waals surface area contributed by atoms with E-state index in [1.807, 2.05) is 12.4 Å². The largest absolute Gasteiger partial charge is 0.364 e. The van der Waals surface area contributed by atoms with Gasteiger partial charge in [-0.3, -0.25) is 0 Å². The molecule has 3 heteroatoms. The average Bonchev–Trinajstić information content (AvgIpc) is 3.57. The van der Waals surface area contributed by atoms with Gasteiger partial charge in [0.2, 0.25) is 6.71 Å². The number of nitrogens with one attached hydrogen (secondary N) is 2. The SMILES string of the molecule is Cc1cc(C)c(B(c2ccc(C(C)(c3ccc[nH]3)c3ccc[nH]3)cc2)c2c(C)cc(C)cc2C)c(C)c1. The average molecular weight is 484 g/mol. The molecule has 0 radical (unpaired) electrons. The first kappa shape index (κ1) is 25.0. The van der Waals surface area contributed by atoms with Gasteiger partial charge in [-0.05, 0) is 78.3 Å². The molecule has 2 nitrogen and oxygen atoms in total. The Morgan fingerprint density at radius 1 is 0.568 bits per heavy atom. The van der Waals surface area contributed by atoms with Crippen molar-refractivity contribution in [2.45, 2.75) is 53.9 Å². The molecule has 0 fully saturated rings. The number of aromatic nitrogens is 2. The van der Waals surface area contributed by atoms with Gasteiger partial charge >= 0.3 is 0 Å². The lowest BCUT2D eigenvalue weighted by Gasteiger charge is -2.30. The number of hydrogen-bond donors (Lipinski definition) is 2. The molecule has 186 valence electrons. The first-order valence-electron chi connectivity index (χ1n) is 13.2. The third-order valence-corrected chi connectivity index (χ3v) is 8.15. The maximum absolute atomic E-state index is 3.47. The Hall–Kier alpha value is -3.72. The minimum absolute atomic E-state index is 0.178. The molecular formula is C34H37BN2. The van der Waals surface area contributed by atoms with Gasteiger partial charge in [-0.1, -0.05) is 98.3 Å². The van der Waals surface area contributed by atoms with E-state index in [0.717, 1.165) is 0 Å². The maximum atomic E-state index is 3.47. The molecule has 0 aliphatic heterocycles. The van der Waals surface area contributed by atoms with E-state index in [9.17, 15) is 0 Å². The quantitative estimate of drug-likeness (QED) is 0.275. The predicted molar refractivity (Wildman–Crippen MR) is 160 cm³/mol. The van der Waals surface area contributed by atoms with E-state index in [-0.39, 0.29) is 12.1 Å². The highest BCUT2D eigenvalue weighted by atomic mass is 14.8. The van der Waals surface area contributed by atoms with Gasteiger partial charge in [0, 0.05) is 23.8 Å². The topological polar surface area (TPSA) is 31.6 Å². The van der Waals surface area contributed by atoms with Crippen LogP contribution in [0, 0.1) is 41.5 Å². The Balaban J connectivity index is 1.70. The van der Waals surface area contributed by atoms with Crippen molar-refractivity contribution in [2.75, 3.05) is 0 Å². The Kier molecular flexibility index (Phi) is 6.49. The summed E-state index contributed by atoms with van der Waals surface area (Å²) in [7, 11) is 0. The van der Waals surface area contributed by atoms with Crippen molar-refractivity contribution in [2.24, 2.45) is 0 Å². The van der Waals surface area contributed by atoms with Gasteiger partial charge in [0.1, 0.15) is 0 Å². The smallest absolute Gasteiger partial charge is 0.242 e. The fraction of sp³-hybridized carbons (Fsp3) is 0.235. The zero-order valence-corrected chi connectivity index (χ0v) is 23.2. The zero-order valence-electron chi connectivity index (χ0n) is 23.2. The van der Waals surface area contributed by atoms with Crippen LogP contribution in [-0.2, 0) is 5.41 Å². The second kappa shape index (κ2) is 9.63. The molecule has 0 saturated carbocycles. The highest BCUT2D eigenvalue weighted by Crippen LogP contribution is 2.36. The normalized spacial score (nSPS) is 11.6. The molecule has 0 unspecified atom stereocenters. The molecular weight excluding hydrogens is 447 g/mol. The summed E-state index contributed by atoms with van der Waals surface area (Å²) < 4.78 is 0. The molecule has 0 spiro atoms. The van der Waals surface area contributed by atoms with Crippen molar-refractivity contribution in [3.8, 4) is 0 Å². The lowest BCUT2D eigenvalue weighted by atomic mass is 9.34. The van der Waals surface area contributed by atoms with Crippen molar-refractivity contribution >= 4 is 23.1 Å². The van der Waals surface area contributed by atoms with Crippen LogP contribution in [0.2, 0.25) is 0 Å². The Labute approximate surface area is 222 Å². The summed E-state index contributed by atoms with van der Waals surface area (Å²) >= 11 is 0. The molecule has 3 aromatic carbocycles. The van der Waals surface area contributed by atoms with Crippen LogP contribution in [0.5, 0.6) is 0 Å². The molecule has 37 heavy (non-hydrogen) atoms. The van der Waals surface area contributed by atoms with Crippen molar-refractivity contribution in [1.82, 2.24) is 9.97 Å². The number of hydrogen-bond acceptors (Lipinski definition) is 0. The van der Waals surface area contributed by atoms with Crippen LogP contribution in [0.4, 0.5) is 0 Å². The highest BCUT2D eigenvalue weighted by molar-refractivity contribution is 6.96. The Morgan fingerprint density at radius 2 is 0.973 bits per heavy atom. The van der Waals surface area contributed by atoms with Crippen LogP contribution >= 0.6 is 0 Å². The van der Waals surface area contributed by atoms with Gasteiger partial charge in [-0.15, -0.1) is 0 Å². The number of aryl methyl sites for hydroxylation is 6. The summed E-state index contributed by atoms with van der Waals surface area (Å²) in [5, 5.41) is 0. The van der Waals surface area contributed by atoms with E-state index < -0.39 is 0 Å². The highest BCUT2D eigenvalue weighted by Gasteiger charge is 2.34. The Bertz CT molecular complexity index is 1390. The number of aromatic amines is 2. The summed E-state index contributed by atoms with van der Waals surface area (Å²) in [6, 6.07) is 27.2. The van der Waals surface area contributed by atoms with Crippen LogP contribution in [0.25, 0.3) is 0 Å². The van der Waals surface area contributed by atoms with Crippen molar-refractivity contribution in [3.05, 3.63) is 136 Å². The molecule has 5 aromatic rings. The van der Waals surface area contributed by atoms with Gasteiger partial charge in [0.15, 0.2) is 0 Å². The predicted octanol–water partition coefficient (Wildman–Crippen LogP) is 6.06. The molecule has 0 aliphatic carbocycles. The van der Waals surface area contributed by atoms with E-state index in [1.165, 1.54) is 66.7 Å². The molecule has 5 rings (SSSR count). The second-order valence-electron chi connectivity index (χ2n) is 11.0. The third kappa shape index (κ3) is 4.37. The van der Waals surface area contributed by atoms with Gasteiger partial charge in [-0.25, -0.2) is 0 Å². The molecule has 0 atom stereocenters. The first-order valence-corrected chi connectivity index (χ1v) is 13.2. The molecule has 0 amide bonds. The van der Waals surface area contributed by atoms with Gasteiger partial charge in [0.05, 0.1) is 5.41 Å². The molecule has 0 aliphatic rings. The summed E-state index contributed by atoms with van der Waals surface area (Å²) in [4.78, 5) is 6.95. The van der Waals surface area contributed by atoms with Gasteiger partial charge < -0.3 is 9.97 Å². The van der Waals surface area contributed by atoms with Gasteiger partial charge in [0.25, 0.3) is 0 Å². The summed E-state index contributed by atoms with van der Waals surface area (Å²) in [6.45, 7) is 15.9. The number of rotatable bonds is 6. The van der Waals surface area contributed by atoms with Crippen molar-refractivity contribution in [3.63, 3.8) is 0 Å². The molecule has 0 bridgehead atoms. The van der Waals surface area contributed by atoms with Crippen molar-refractivity contribution in [1.29, 1.82) is 0 Å². The fourth-order valence-electron chi connectivity index (χ4n) is 6.52.